The van der Waals surface area contributed by atoms with Crippen molar-refractivity contribution in [2.24, 2.45) is 5.73 Å². The molecule has 0 aromatic heterocycles. The standard InChI is InChI=1S/C15H22N2O/c1-11(2)12-4-6-13(7-5-12)14(18)17-15(10-16)8-3-9-15/h4-7,11H,3,8-10,16H2,1-2H3,(H,17,18). The molecule has 0 radical (unpaired) electrons. The molecule has 0 unspecified atom stereocenters. The maximum atomic E-state index is 12.1. The largest absolute Gasteiger partial charge is 0.345 e. The van der Waals surface area contributed by atoms with E-state index >= 15 is 0 Å². The van der Waals surface area contributed by atoms with Crippen LogP contribution in [0.25, 0.3) is 0 Å². The first-order valence-corrected chi connectivity index (χ1v) is 6.69. The van der Waals surface area contributed by atoms with E-state index in [4.69, 9.17) is 5.73 Å². The van der Waals surface area contributed by atoms with Crippen LogP contribution in [0.1, 0.15) is 54.9 Å². The molecule has 1 fully saturated rings. The molecule has 0 heterocycles. The summed E-state index contributed by atoms with van der Waals surface area (Å²) < 4.78 is 0. The lowest BCUT2D eigenvalue weighted by Gasteiger charge is -2.41. The maximum Gasteiger partial charge on any atom is 0.251 e. The summed E-state index contributed by atoms with van der Waals surface area (Å²) in [5.74, 6) is 0.486. The number of rotatable bonds is 4. The summed E-state index contributed by atoms with van der Waals surface area (Å²) in [5, 5.41) is 3.08. The minimum absolute atomic E-state index is 0.00421. The van der Waals surface area contributed by atoms with Crippen LogP contribution in [0.3, 0.4) is 0 Å². The minimum Gasteiger partial charge on any atom is -0.345 e. The van der Waals surface area contributed by atoms with Crippen molar-refractivity contribution in [2.45, 2.75) is 44.6 Å². The first-order chi connectivity index (χ1) is 8.56. The number of carbonyl (C=O) groups excluding carboxylic acids is 1. The van der Waals surface area contributed by atoms with Gasteiger partial charge >= 0.3 is 0 Å². The molecule has 18 heavy (non-hydrogen) atoms. The topological polar surface area (TPSA) is 55.1 Å². The van der Waals surface area contributed by atoms with E-state index in [0.29, 0.717) is 12.5 Å². The smallest absolute Gasteiger partial charge is 0.251 e. The second-order valence-corrected chi connectivity index (χ2v) is 5.57. The molecule has 1 aromatic rings. The van der Waals surface area contributed by atoms with Gasteiger partial charge in [0.05, 0.1) is 5.54 Å². The SMILES string of the molecule is CC(C)c1ccc(C(=O)NC2(CN)CCC2)cc1. The lowest BCUT2D eigenvalue weighted by atomic mass is 9.76. The monoisotopic (exact) mass is 246 g/mol. The van der Waals surface area contributed by atoms with Crippen molar-refractivity contribution in [3.8, 4) is 0 Å². The van der Waals surface area contributed by atoms with Crippen LogP contribution in [-0.4, -0.2) is 18.0 Å². The van der Waals surface area contributed by atoms with E-state index in [9.17, 15) is 4.79 Å². The van der Waals surface area contributed by atoms with E-state index < -0.39 is 0 Å². The first-order valence-electron chi connectivity index (χ1n) is 6.69. The number of nitrogens with one attached hydrogen (secondary N) is 1. The molecular weight excluding hydrogens is 224 g/mol. The van der Waals surface area contributed by atoms with Gasteiger partial charge in [0.25, 0.3) is 5.91 Å². The van der Waals surface area contributed by atoms with Crippen molar-refractivity contribution in [3.05, 3.63) is 35.4 Å². The molecule has 0 saturated heterocycles. The fourth-order valence-electron chi connectivity index (χ4n) is 2.32. The fourth-order valence-corrected chi connectivity index (χ4v) is 2.32. The predicted molar refractivity (Wildman–Crippen MR) is 73.6 cm³/mol. The van der Waals surface area contributed by atoms with Crippen LogP contribution in [0, 0.1) is 0 Å². The zero-order valence-electron chi connectivity index (χ0n) is 11.2. The molecule has 0 bridgehead atoms. The van der Waals surface area contributed by atoms with E-state index in [1.807, 2.05) is 24.3 Å². The van der Waals surface area contributed by atoms with Crippen LogP contribution < -0.4 is 11.1 Å². The van der Waals surface area contributed by atoms with Gasteiger partial charge in [-0.1, -0.05) is 26.0 Å². The molecule has 1 aliphatic carbocycles. The van der Waals surface area contributed by atoms with Crippen molar-refractivity contribution in [3.63, 3.8) is 0 Å². The number of benzene rings is 1. The Morgan fingerprint density at radius 2 is 1.94 bits per heavy atom. The molecule has 3 N–H and O–H groups in total. The molecular formula is C15H22N2O. The lowest BCUT2D eigenvalue weighted by Crippen LogP contribution is -2.58. The summed E-state index contributed by atoms with van der Waals surface area (Å²) in [6.07, 6.45) is 3.16. The molecule has 1 aliphatic rings. The molecule has 0 spiro atoms. The molecule has 1 amide bonds. The Morgan fingerprint density at radius 1 is 1.33 bits per heavy atom. The van der Waals surface area contributed by atoms with Crippen molar-refractivity contribution in [1.82, 2.24) is 5.32 Å². The van der Waals surface area contributed by atoms with Crippen LogP contribution in [0.15, 0.2) is 24.3 Å². The third kappa shape index (κ3) is 2.56. The quantitative estimate of drug-likeness (QED) is 0.857. The Labute approximate surface area is 109 Å². The lowest BCUT2D eigenvalue weighted by molar-refractivity contribution is 0.0837. The average molecular weight is 246 g/mol. The number of hydrogen-bond acceptors (Lipinski definition) is 2. The Kier molecular flexibility index (Phi) is 3.71. The number of hydrogen-bond donors (Lipinski definition) is 2. The van der Waals surface area contributed by atoms with Gasteiger partial charge < -0.3 is 11.1 Å². The Hall–Kier alpha value is -1.35. The zero-order chi connectivity index (χ0) is 13.2. The second kappa shape index (κ2) is 5.11. The van der Waals surface area contributed by atoms with Crippen LogP contribution >= 0.6 is 0 Å². The molecule has 98 valence electrons. The van der Waals surface area contributed by atoms with Crippen LogP contribution in [0.4, 0.5) is 0 Å². The Balaban J connectivity index is 2.05. The van der Waals surface area contributed by atoms with E-state index in [1.165, 1.54) is 5.56 Å². The maximum absolute atomic E-state index is 12.1. The summed E-state index contributed by atoms with van der Waals surface area (Å²) in [6, 6.07) is 7.84. The van der Waals surface area contributed by atoms with Gasteiger partial charge in [-0.2, -0.15) is 0 Å². The highest BCUT2D eigenvalue weighted by atomic mass is 16.1. The van der Waals surface area contributed by atoms with Crippen LogP contribution in [0.5, 0.6) is 0 Å². The normalized spacial score (nSPS) is 17.3. The molecule has 3 heteroatoms. The summed E-state index contributed by atoms with van der Waals surface area (Å²) in [4.78, 5) is 12.1. The van der Waals surface area contributed by atoms with Gasteiger partial charge in [0, 0.05) is 12.1 Å². The molecule has 2 rings (SSSR count). The minimum atomic E-state index is -0.145. The van der Waals surface area contributed by atoms with Gasteiger partial charge in [0.2, 0.25) is 0 Å². The Morgan fingerprint density at radius 3 is 2.33 bits per heavy atom. The summed E-state index contributed by atoms with van der Waals surface area (Å²) in [6.45, 7) is 4.82. The number of amides is 1. The molecule has 1 aromatic carbocycles. The molecule has 3 nitrogen and oxygen atoms in total. The third-order valence-electron chi connectivity index (χ3n) is 3.92. The van der Waals surface area contributed by atoms with Crippen molar-refractivity contribution >= 4 is 5.91 Å². The second-order valence-electron chi connectivity index (χ2n) is 5.57. The van der Waals surface area contributed by atoms with E-state index in [0.717, 1.165) is 24.8 Å². The van der Waals surface area contributed by atoms with Gasteiger partial charge in [-0.25, -0.2) is 0 Å². The summed E-state index contributed by atoms with van der Waals surface area (Å²) >= 11 is 0. The van der Waals surface area contributed by atoms with Gasteiger partial charge in [-0.15, -0.1) is 0 Å². The van der Waals surface area contributed by atoms with Gasteiger partial charge in [0.1, 0.15) is 0 Å². The zero-order valence-corrected chi connectivity index (χ0v) is 11.2. The van der Waals surface area contributed by atoms with Crippen molar-refractivity contribution in [1.29, 1.82) is 0 Å². The molecule has 0 atom stereocenters. The van der Waals surface area contributed by atoms with E-state index in [2.05, 4.69) is 19.2 Å². The molecule has 0 aliphatic heterocycles. The number of carbonyl (C=O) groups is 1. The Bertz CT molecular complexity index is 413. The highest BCUT2D eigenvalue weighted by molar-refractivity contribution is 5.94. The van der Waals surface area contributed by atoms with Crippen LogP contribution in [-0.2, 0) is 0 Å². The molecule has 1 saturated carbocycles. The van der Waals surface area contributed by atoms with Gasteiger partial charge in [0.15, 0.2) is 0 Å². The highest BCUT2D eigenvalue weighted by Gasteiger charge is 2.36. The predicted octanol–water partition coefficient (Wildman–Crippen LogP) is 2.42. The highest BCUT2D eigenvalue weighted by Crippen LogP contribution is 2.31. The van der Waals surface area contributed by atoms with Crippen LogP contribution in [0.2, 0.25) is 0 Å². The fraction of sp³-hybridized carbons (Fsp3) is 0.533. The van der Waals surface area contributed by atoms with Gasteiger partial charge in [-0.3, -0.25) is 4.79 Å². The average Bonchev–Trinajstić information content (AvgIpc) is 2.33. The number of nitrogens with two attached hydrogens (primary N) is 1. The van der Waals surface area contributed by atoms with E-state index in [1.54, 1.807) is 0 Å². The van der Waals surface area contributed by atoms with Crippen molar-refractivity contribution in [2.75, 3.05) is 6.54 Å². The van der Waals surface area contributed by atoms with E-state index in [-0.39, 0.29) is 11.4 Å². The summed E-state index contributed by atoms with van der Waals surface area (Å²) in [5.41, 5.74) is 7.57. The van der Waals surface area contributed by atoms with Crippen molar-refractivity contribution < 1.29 is 4.79 Å². The third-order valence-corrected chi connectivity index (χ3v) is 3.92. The van der Waals surface area contributed by atoms with Gasteiger partial charge in [-0.05, 0) is 42.9 Å². The summed E-state index contributed by atoms with van der Waals surface area (Å²) in [7, 11) is 0. The first kappa shape index (κ1) is 13.1.